The fraction of sp³-hybridized carbons (Fsp3) is 0.200. The van der Waals surface area contributed by atoms with Gasteiger partial charge in [0, 0.05) is 13.1 Å². The molecule has 0 saturated carbocycles. The monoisotopic (exact) mass is 463 g/mol. The van der Waals surface area contributed by atoms with Crippen molar-refractivity contribution < 1.29 is 18.3 Å². The summed E-state index contributed by atoms with van der Waals surface area (Å²) in [6.07, 6.45) is 4.21. The van der Waals surface area contributed by atoms with E-state index in [2.05, 4.69) is 34.8 Å². The average molecular weight is 464 g/mol. The van der Waals surface area contributed by atoms with E-state index in [1.165, 1.54) is 35.0 Å². The number of aromatic nitrogens is 1. The summed E-state index contributed by atoms with van der Waals surface area (Å²) < 4.78 is 28.0. The summed E-state index contributed by atoms with van der Waals surface area (Å²) in [5.41, 5.74) is 4.28. The number of rotatable bonds is 6. The van der Waals surface area contributed by atoms with E-state index < -0.39 is 16.0 Å². The van der Waals surface area contributed by atoms with Gasteiger partial charge in [-0.25, -0.2) is 18.2 Å². The summed E-state index contributed by atoms with van der Waals surface area (Å²) in [6.45, 7) is 4.91. The summed E-state index contributed by atoms with van der Waals surface area (Å²) in [5, 5.41) is 9.79. The zero-order valence-corrected chi connectivity index (χ0v) is 19.3. The van der Waals surface area contributed by atoms with Crippen LogP contribution in [-0.2, 0) is 10.0 Å². The van der Waals surface area contributed by atoms with E-state index in [1.807, 2.05) is 17.0 Å². The number of nitrogens with one attached hydrogen (secondary N) is 1. The van der Waals surface area contributed by atoms with Gasteiger partial charge in [0.15, 0.2) is 0 Å². The Morgan fingerprint density at radius 2 is 1.76 bits per heavy atom. The second-order valence-electron chi connectivity index (χ2n) is 8.01. The minimum absolute atomic E-state index is 0.0484. The van der Waals surface area contributed by atoms with Crippen molar-refractivity contribution in [2.75, 3.05) is 22.7 Å². The summed E-state index contributed by atoms with van der Waals surface area (Å²) in [6, 6.07) is 16.1. The standard InChI is InChI=1S/C25H25N3O4S/c1-17-7-3-5-9-21(17)19-11-13-28(14-12-19)24-22(25(29)30)15-20(16-26-24)27-33(31,32)23-10-6-4-8-18(23)2/h3-11,15-16,27H,12-14H2,1-2H3,(H,29,30). The molecule has 33 heavy (non-hydrogen) atoms. The largest absolute Gasteiger partial charge is 0.478 e. The molecule has 170 valence electrons. The highest BCUT2D eigenvalue weighted by Crippen LogP contribution is 2.30. The lowest BCUT2D eigenvalue weighted by atomic mass is 9.95. The molecule has 1 aliphatic rings. The average Bonchev–Trinajstić information content (AvgIpc) is 2.79. The Bertz CT molecular complexity index is 1350. The van der Waals surface area contributed by atoms with Crippen LogP contribution in [0.5, 0.6) is 0 Å². The van der Waals surface area contributed by atoms with E-state index in [4.69, 9.17) is 0 Å². The van der Waals surface area contributed by atoms with Crippen molar-refractivity contribution in [1.29, 1.82) is 0 Å². The number of aromatic carboxylic acids is 1. The number of aryl methyl sites for hydroxylation is 2. The van der Waals surface area contributed by atoms with Crippen LogP contribution in [0.15, 0.2) is 71.8 Å². The summed E-state index contributed by atoms with van der Waals surface area (Å²) in [5.74, 6) is -0.843. The van der Waals surface area contributed by atoms with Gasteiger partial charge in [0.25, 0.3) is 10.0 Å². The molecule has 0 bridgehead atoms. The smallest absolute Gasteiger partial charge is 0.339 e. The lowest BCUT2D eigenvalue weighted by molar-refractivity contribution is 0.0697. The number of carbonyl (C=O) groups is 1. The van der Waals surface area contributed by atoms with Crippen molar-refractivity contribution in [3.63, 3.8) is 0 Å². The van der Waals surface area contributed by atoms with Gasteiger partial charge in [0.1, 0.15) is 11.4 Å². The first kappa shape index (κ1) is 22.5. The third-order valence-corrected chi connectivity index (χ3v) is 7.27. The molecule has 0 fully saturated rings. The van der Waals surface area contributed by atoms with E-state index >= 15 is 0 Å². The molecular weight excluding hydrogens is 438 g/mol. The molecule has 0 spiro atoms. The van der Waals surface area contributed by atoms with Crippen LogP contribution in [-0.4, -0.2) is 37.6 Å². The van der Waals surface area contributed by atoms with Crippen LogP contribution in [0, 0.1) is 13.8 Å². The van der Waals surface area contributed by atoms with Gasteiger partial charge in [-0.05, 0) is 54.7 Å². The van der Waals surface area contributed by atoms with Crippen LogP contribution in [0.25, 0.3) is 5.57 Å². The van der Waals surface area contributed by atoms with Gasteiger partial charge in [-0.3, -0.25) is 4.72 Å². The third kappa shape index (κ3) is 4.75. The molecule has 0 radical (unpaired) electrons. The van der Waals surface area contributed by atoms with Crippen molar-refractivity contribution >= 4 is 33.1 Å². The number of hydrogen-bond donors (Lipinski definition) is 2. The van der Waals surface area contributed by atoms with Crippen molar-refractivity contribution in [1.82, 2.24) is 4.98 Å². The van der Waals surface area contributed by atoms with Crippen LogP contribution in [0.3, 0.4) is 0 Å². The molecule has 1 aromatic heterocycles. The minimum atomic E-state index is -3.87. The molecule has 0 unspecified atom stereocenters. The number of hydrogen-bond acceptors (Lipinski definition) is 5. The SMILES string of the molecule is Cc1ccccc1C1=CCN(c2ncc(NS(=O)(=O)c3ccccc3C)cc2C(=O)O)CC1. The maximum Gasteiger partial charge on any atom is 0.339 e. The Morgan fingerprint density at radius 3 is 2.39 bits per heavy atom. The molecule has 0 aliphatic carbocycles. The summed E-state index contributed by atoms with van der Waals surface area (Å²) in [7, 11) is -3.87. The van der Waals surface area contributed by atoms with Gasteiger partial charge in [0.05, 0.1) is 16.8 Å². The predicted molar refractivity (Wildman–Crippen MR) is 129 cm³/mol. The Balaban J connectivity index is 1.59. The number of nitrogens with zero attached hydrogens (tertiary/aromatic N) is 2. The molecule has 8 heteroatoms. The van der Waals surface area contributed by atoms with Gasteiger partial charge < -0.3 is 10.0 Å². The van der Waals surface area contributed by atoms with Crippen molar-refractivity contribution in [2.24, 2.45) is 0 Å². The number of anilines is 2. The first-order valence-electron chi connectivity index (χ1n) is 10.6. The minimum Gasteiger partial charge on any atom is -0.478 e. The molecule has 1 aliphatic heterocycles. The maximum atomic E-state index is 12.8. The van der Waals surface area contributed by atoms with Crippen LogP contribution >= 0.6 is 0 Å². The quantitative estimate of drug-likeness (QED) is 0.559. The van der Waals surface area contributed by atoms with Crippen molar-refractivity contribution in [3.05, 3.63) is 89.1 Å². The highest BCUT2D eigenvalue weighted by Gasteiger charge is 2.23. The van der Waals surface area contributed by atoms with E-state index in [0.717, 1.165) is 6.42 Å². The highest BCUT2D eigenvalue weighted by atomic mass is 32.2. The van der Waals surface area contributed by atoms with Gasteiger partial charge in [0.2, 0.25) is 0 Å². The second-order valence-corrected chi connectivity index (χ2v) is 9.66. The van der Waals surface area contributed by atoms with Crippen molar-refractivity contribution in [2.45, 2.75) is 25.2 Å². The fourth-order valence-electron chi connectivity index (χ4n) is 4.03. The Kier molecular flexibility index (Phi) is 6.20. The molecule has 4 rings (SSSR count). The Hall–Kier alpha value is -3.65. The van der Waals surface area contributed by atoms with Gasteiger partial charge in [-0.1, -0.05) is 48.5 Å². The third-order valence-electron chi connectivity index (χ3n) is 5.73. The molecule has 2 aromatic carbocycles. The molecule has 7 nitrogen and oxygen atoms in total. The number of sulfonamides is 1. The van der Waals surface area contributed by atoms with E-state index in [1.54, 1.807) is 25.1 Å². The molecule has 0 saturated heterocycles. The zero-order valence-electron chi connectivity index (χ0n) is 18.4. The number of benzene rings is 2. The number of carboxylic acids is 1. The fourth-order valence-corrected chi connectivity index (χ4v) is 5.31. The Labute approximate surface area is 193 Å². The first-order valence-corrected chi connectivity index (χ1v) is 12.1. The lowest BCUT2D eigenvalue weighted by Crippen LogP contribution is -2.31. The van der Waals surface area contributed by atoms with E-state index in [-0.39, 0.29) is 16.1 Å². The maximum absolute atomic E-state index is 12.8. The van der Waals surface area contributed by atoms with Crippen molar-refractivity contribution in [3.8, 4) is 0 Å². The highest BCUT2D eigenvalue weighted by molar-refractivity contribution is 7.92. The lowest BCUT2D eigenvalue weighted by Gasteiger charge is -2.29. The molecule has 0 amide bonds. The van der Waals surface area contributed by atoms with Crippen LogP contribution in [0.1, 0.15) is 33.5 Å². The summed E-state index contributed by atoms with van der Waals surface area (Å²) in [4.78, 5) is 18.3. The molecule has 3 aromatic rings. The topological polar surface area (TPSA) is 99.6 Å². The predicted octanol–water partition coefficient (Wildman–Crippen LogP) is 4.49. The van der Waals surface area contributed by atoms with Gasteiger partial charge >= 0.3 is 5.97 Å². The molecule has 0 atom stereocenters. The normalized spacial score (nSPS) is 14.0. The Morgan fingerprint density at radius 1 is 1.06 bits per heavy atom. The van der Waals surface area contributed by atoms with Crippen LogP contribution in [0.4, 0.5) is 11.5 Å². The molecular formula is C25H25N3O4S. The zero-order chi connectivity index (χ0) is 23.6. The first-order chi connectivity index (χ1) is 15.8. The molecule has 2 N–H and O–H groups in total. The van der Waals surface area contributed by atoms with E-state index in [9.17, 15) is 18.3 Å². The second kappa shape index (κ2) is 9.07. The van der Waals surface area contributed by atoms with Gasteiger partial charge in [-0.15, -0.1) is 0 Å². The van der Waals surface area contributed by atoms with E-state index in [0.29, 0.717) is 24.5 Å². The van der Waals surface area contributed by atoms with Gasteiger partial charge in [-0.2, -0.15) is 0 Å². The van der Waals surface area contributed by atoms with Crippen LogP contribution < -0.4 is 9.62 Å². The number of carboxylic acid groups (broad SMARTS) is 1. The van der Waals surface area contributed by atoms with Crippen LogP contribution in [0.2, 0.25) is 0 Å². The number of pyridine rings is 1. The summed E-state index contributed by atoms with van der Waals surface area (Å²) >= 11 is 0. The molecule has 2 heterocycles.